The summed E-state index contributed by atoms with van der Waals surface area (Å²) in [6.07, 6.45) is 0.849. The number of amides is 2. The molecule has 134 valence electrons. The number of hydrazine groups is 2. The zero-order valence-corrected chi connectivity index (χ0v) is 13.6. The minimum absolute atomic E-state index is 0.00380. The summed E-state index contributed by atoms with van der Waals surface area (Å²) in [4.78, 5) is 22.9. The van der Waals surface area contributed by atoms with Gasteiger partial charge in [-0.05, 0) is 31.0 Å². The van der Waals surface area contributed by atoms with E-state index in [-0.39, 0.29) is 37.6 Å². The molecule has 0 aromatic heterocycles. The Morgan fingerprint density at radius 1 is 1.00 bits per heavy atom. The van der Waals surface area contributed by atoms with Crippen LogP contribution in [-0.4, -0.2) is 43.6 Å². The molecule has 0 bridgehead atoms. The molecule has 5 N–H and O–H groups in total. The van der Waals surface area contributed by atoms with Crippen LogP contribution in [0.15, 0.2) is 24.3 Å². The Morgan fingerprint density at radius 2 is 1.62 bits per heavy atom. The molecule has 0 atom stereocenters. The molecule has 0 fully saturated rings. The van der Waals surface area contributed by atoms with Crippen LogP contribution in [0, 0.1) is 0 Å². The standard InChI is InChI=1S/C15H24N4O5/c1-2-23-10-16-19-15(22)9-24-11-17-18-14(21)8-5-12-3-6-13(20)7-4-12/h3-4,6-7,16-17,20H,2,5,8-11H2,1H3,(H,18,21)(H,19,22). The van der Waals surface area contributed by atoms with E-state index in [4.69, 9.17) is 14.6 Å². The van der Waals surface area contributed by atoms with Crippen LogP contribution in [0.4, 0.5) is 0 Å². The molecule has 9 nitrogen and oxygen atoms in total. The van der Waals surface area contributed by atoms with Crippen molar-refractivity contribution in [3.63, 3.8) is 0 Å². The van der Waals surface area contributed by atoms with Gasteiger partial charge in [0.15, 0.2) is 0 Å². The first kappa shape index (κ1) is 19.8. The summed E-state index contributed by atoms with van der Waals surface area (Å²) >= 11 is 0. The first-order valence-electron chi connectivity index (χ1n) is 7.58. The van der Waals surface area contributed by atoms with Gasteiger partial charge in [0.1, 0.15) is 25.8 Å². The summed E-state index contributed by atoms with van der Waals surface area (Å²) in [5.74, 6) is -0.358. The number of ether oxygens (including phenoxy) is 2. The van der Waals surface area contributed by atoms with Gasteiger partial charge >= 0.3 is 0 Å². The molecule has 0 spiro atoms. The predicted octanol–water partition coefficient (Wildman–Crippen LogP) is -0.465. The Balaban J connectivity index is 1.99. The normalized spacial score (nSPS) is 10.4. The van der Waals surface area contributed by atoms with Crippen LogP contribution in [0.2, 0.25) is 0 Å². The maximum Gasteiger partial charge on any atom is 0.260 e. The second-order valence-corrected chi connectivity index (χ2v) is 4.75. The van der Waals surface area contributed by atoms with Crippen LogP contribution >= 0.6 is 0 Å². The Labute approximate surface area is 140 Å². The van der Waals surface area contributed by atoms with E-state index in [0.717, 1.165) is 5.56 Å². The average molecular weight is 340 g/mol. The molecule has 0 aliphatic rings. The molecule has 24 heavy (non-hydrogen) atoms. The molecular formula is C15H24N4O5. The van der Waals surface area contributed by atoms with Gasteiger partial charge < -0.3 is 14.6 Å². The second kappa shape index (κ2) is 12.3. The molecule has 0 heterocycles. The monoisotopic (exact) mass is 340 g/mol. The fourth-order valence-electron chi connectivity index (χ4n) is 1.64. The number of phenolic OH excluding ortho intramolecular Hbond substituents is 1. The van der Waals surface area contributed by atoms with E-state index in [1.165, 1.54) is 0 Å². The highest BCUT2D eigenvalue weighted by Gasteiger charge is 2.03. The van der Waals surface area contributed by atoms with Gasteiger partial charge in [0.2, 0.25) is 5.91 Å². The Morgan fingerprint density at radius 3 is 2.29 bits per heavy atom. The van der Waals surface area contributed by atoms with E-state index >= 15 is 0 Å². The quantitative estimate of drug-likeness (QED) is 0.198. The van der Waals surface area contributed by atoms with Crippen LogP contribution in [0.1, 0.15) is 18.9 Å². The molecule has 0 aliphatic heterocycles. The lowest BCUT2D eigenvalue weighted by Crippen LogP contribution is -2.43. The molecule has 0 radical (unpaired) electrons. The number of aromatic hydroxyl groups is 1. The van der Waals surface area contributed by atoms with Crippen molar-refractivity contribution in [1.82, 2.24) is 21.7 Å². The van der Waals surface area contributed by atoms with E-state index in [0.29, 0.717) is 19.4 Å². The van der Waals surface area contributed by atoms with E-state index in [1.807, 2.05) is 6.92 Å². The smallest absolute Gasteiger partial charge is 0.260 e. The molecule has 2 amide bonds. The van der Waals surface area contributed by atoms with Crippen molar-refractivity contribution in [3.8, 4) is 5.75 Å². The highest BCUT2D eigenvalue weighted by Crippen LogP contribution is 2.10. The van der Waals surface area contributed by atoms with Gasteiger partial charge in [-0.1, -0.05) is 12.1 Å². The number of benzene rings is 1. The fourth-order valence-corrected chi connectivity index (χ4v) is 1.64. The van der Waals surface area contributed by atoms with Crippen molar-refractivity contribution >= 4 is 11.8 Å². The molecule has 1 rings (SSSR count). The maximum absolute atomic E-state index is 11.6. The highest BCUT2D eigenvalue weighted by molar-refractivity contribution is 5.76. The Kier molecular flexibility index (Phi) is 10.1. The van der Waals surface area contributed by atoms with Crippen molar-refractivity contribution in [2.45, 2.75) is 19.8 Å². The lowest BCUT2D eigenvalue weighted by Gasteiger charge is -2.09. The Bertz CT molecular complexity index is 495. The van der Waals surface area contributed by atoms with Gasteiger partial charge in [-0.2, -0.15) is 0 Å². The number of phenols is 1. The number of nitrogens with one attached hydrogen (secondary N) is 4. The first-order valence-corrected chi connectivity index (χ1v) is 7.58. The number of carbonyl (C=O) groups is 2. The lowest BCUT2D eigenvalue weighted by molar-refractivity contribution is -0.128. The van der Waals surface area contributed by atoms with Crippen LogP contribution in [0.25, 0.3) is 0 Å². The molecular weight excluding hydrogens is 316 g/mol. The number of rotatable bonds is 12. The van der Waals surface area contributed by atoms with Crippen LogP contribution < -0.4 is 21.7 Å². The SMILES string of the molecule is CCOCNNC(=O)COCNNC(=O)CCc1ccc(O)cc1. The third-order valence-electron chi connectivity index (χ3n) is 2.82. The van der Waals surface area contributed by atoms with Gasteiger partial charge in [0.05, 0.1) is 0 Å². The largest absolute Gasteiger partial charge is 0.508 e. The van der Waals surface area contributed by atoms with Crippen molar-refractivity contribution in [3.05, 3.63) is 29.8 Å². The van der Waals surface area contributed by atoms with Gasteiger partial charge in [0, 0.05) is 13.0 Å². The number of aryl methyl sites for hydroxylation is 1. The zero-order chi connectivity index (χ0) is 17.6. The van der Waals surface area contributed by atoms with Crippen LogP contribution in [-0.2, 0) is 25.5 Å². The summed E-state index contributed by atoms with van der Waals surface area (Å²) in [6.45, 7) is 2.46. The number of hydrogen-bond acceptors (Lipinski definition) is 7. The summed E-state index contributed by atoms with van der Waals surface area (Å²) < 4.78 is 10.0. The van der Waals surface area contributed by atoms with Crippen LogP contribution in [0.5, 0.6) is 5.75 Å². The summed E-state index contributed by atoms with van der Waals surface area (Å²) in [7, 11) is 0. The summed E-state index contributed by atoms with van der Waals surface area (Å²) in [5.41, 5.74) is 11.0. The number of carbonyl (C=O) groups excluding carboxylic acids is 2. The minimum atomic E-state index is -0.352. The summed E-state index contributed by atoms with van der Waals surface area (Å²) in [6, 6.07) is 6.68. The van der Waals surface area contributed by atoms with Gasteiger partial charge in [0.25, 0.3) is 5.91 Å². The van der Waals surface area contributed by atoms with Crippen molar-refractivity contribution < 1.29 is 24.2 Å². The minimum Gasteiger partial charge on any atom is -0.508 e. The first-order chi connectivity index (χ1) is 11.6. The van der Waals surface area contributed by atoms with Crippen LogP contribution in [0.3, 0.4) is 0 Å². The van der Waals surface area contributed by atoms with Crippen molar-refractivity contribution in [2.24, 2.45) is 0 Å². The van der Waals surface area contributed by atoms with E-state index in [1.54, 1.807) is 24.3 Å². The molecule has 1 aromatic rings. The van der Waals surface area contributed by atoms with Gasteiger partial charge in [-0.15, -0.1) is 0 Å². The third-order valence-corrected chi connectivity index (χ3v) is 2.82. The molecule has 0 unspecified atom stereocenters. The molecule has 1 aromatic carbocycles. The fraction of sp³-hybridized carbons (Fsp3) is 0.467. The molecule has 0 saturated carbocycles. The third kappa shape index (κ3) is 9.74. The highest BCUT2D eigenvalue weighted by atomic mass is 16.5. The Hall–Kier alpha value is -2.20. The van der Waals surface area contributed by atoms with E-state index in [2.05, 4.69) is 21.7 Å². The average Bonchev–Trinajstić information content (AvgIpc) is 2.58. The topological polar surface area (TPSA) is 121 Å². The van der Waals surface area contributed by atoms with E-state index < -0.39 is 0 Å². The molecule has 9 heteroatoms. The van der Waals surface area contributed by atoms with Gasteiger partial charge in [-0.3, -0.25) is 20.4 Å². The van der Waals surface area contributed by atoms with Gasteiger partial charge in [-0.25, -0.2) is 10.9 Å². The second-order valence-electron chi connectivity index (χ2n) is 4.75. The maximum atomic E-state index is 11.6. The predicted molar refractivity (Wildman–Crippen MR) is 86.3 cm³/mol. The van der Waals surface area contributed by atoms with Crippen molar-refractivity contribution in [1.29, 1.82) is 0 Å². The lowest BCUT2D eigenvalue weighted by atomic mass is 10.1. The summed E-state index contributed by atoms with van der Waals surface area (Å²) in [5, 5.41) is 9.17. The molecule has 0 aliphatic carbocycles. The van der Waals surface area contributed by atoms with Crippen molar-refractivity contribution in [2.75, 3.05) is 26.7 Å². The van der Waals surface area contributed by atoms with E-state index in [9.17, 15) is 9.59 Å². The zero-order valence-electron chi connectivity index (χ0n) is 13.6. The molecule has 0 saturated heterocycles. The number of hydrogen-bond donors (Lipinski definition) is 5.